The van der Waals surface area contributed by atoms with Crippen LogP contribution in [0.25, 0.3) is 60.2 Å². The van der Waals surface area contributed by atoms with Gasteiger partial charge in [0.2, 0.25) is 0 Å². The Hall–Kier alpha value is -9.18. The van der Waals surface area contributed by atoms with E-state index in [2.05, 4.69) is 0 Å². The van der Waals surface area contributed by atoms with Gasteiger partial charge in [0.1, 0.15) is 0 Å². The summed E-state index contributed by atoms with van der Waals surface area (Å²) >= 11 is 0. The highest BCUT2D eigenvalue weighted by Gasteiger charge is 2.23. The van der Waals surface area contributed by atoms with E-state index in [0.29, 0.717) is 30.5 Å². The summed E-state index contributed by atoms with van der Waals surface area (Å²) in [4.78, 5) is 131. The Kier molecular flexibility index (Phi) is 10.7. The lowest BCUT2D eigenvalue weighted by Gasteiger charge is -2.07. The second-order valence-corrected chi connectivity index (χ2v) is 16.8. The first-order valence-electron chi connectivity index (χ1n) is 21.7. The third-order valence-corrected chi connectivity index (χ3v) is 12.4. The third-order valence-electron chi connectivity index (χ3n) is 12.4. The smallest absolute Gasteiger partial charge is 0.338 e. The molecule has 0 fully saturated rings. The van der Waals surface area contributed by atoms with Crippen LogP contribution in [0.2, 0.25) is 0 Å². The van der Waals surface area contributed by atoms with Gasteiger partial charge in [-0.1, -0.05) is 42.0 Å². The van der Waals surface area contributed by atoms with E-state index in [1.54, 1.807) is 60.7 Å². The van der Waals surface area contributed by atoms with Crippen LogP contribution < -0.4 is 44.5 Å². The topological polar surface area (TPSA) is 209 Å². The molecule has 0 atom stereocenters. The van der Waals surface area contributed by atoms with Crippen molar-refractivity contribution in [1.82, 2.24) is 18.3 Å². The normalized spacial score (nSPS) is 11.6. The Labute approximate surface area is 386 Å². The highest BCUT2D eigenvalue weighted by Crippen LogP contribution is 2.21. The predicted octanol–water partition coefficient (Wildman–Crippen LogP) is 4.34. The second kappa shape index (κ2) is 16.9. The Morgan fingerprint density at radius 3 is 0.986 bits per heavy atom. The first-order chi connectivity index (χ1) is 33.2. The number of hydrogen-bond donors (Lipinski definition) is 0. The SMILES string of the molecule is Cc1ccc(C(=O)OCCCCOC(=O)c2ccc(-n3c(=O)c4cc5c(=O)n(-c6ccc(Cc7ccc(-n8c(=O)c9cc%10c(=O)n(C)c(=O)c%10cc9c8=O)cc7)cc6)c(=O)c5cc4c3=O)cc2)cc1. The number of carbonyl (C=O) groups excluding carboxylic acids is 2. The van der Waals surface area contributed by atoms with Crippen molar-refractivity contribution in [3.8, 4) is 17.1 Å². The highest BCUT2D eigenvalue weighted by molar-refractivity contribution is 5.99. The Balaban J connectivity index is 0.811. The van der Waals surface area contributed by atoms with Crippen molar-refractivity contribution < 1.29 is 19.1 Å². The first kappa shape index (κ1) is 43.7. The standard InChI is InChI=1S/C53H36N4O12/c1-28-5-11-31(12-6-28)52(66)68-21-3-4-22-69-53(67)32-13-19-35(20-14-32)57-50(64)42-26-40-41(27-43(42)51(57)65)49(63)56(48(40)62)34-17-9-30(10-18-34)23-29-7-15-33(16-8-29)55-46(60)38-24-36-37(25-39(38)47(55)61)45(59)54(2)44(36)58/h5-20,24-27H,3-4,21-23H2,1-2H3. The minimum Gasteiger partial charge on any atom is -0.462 e. The number of carbonyl (C=O) groups is 2. The molecule has 0 bridgehead atoms. The fraction of sp³-hybridized carbons (Fsp3) is 0.132. The van der Waals surface area contributed by atoms with Gasteiger partial charge in [-0.25, -0.2) is 23.3 Å². The van der Waals surface area contributed by atoms with Crippen molar-refractivity contribution in [2.45, 2.75) is 26.2 Å². The Morgan fingerprint density at radius 2 is 0.667 bits per heavy atom. The minimum atomic E-state index is -0.706. The lowest BCUT2D eigenvalue weighted by atomic mass is 10.0. The zero-order chi connectivity index (χ0) is 48.4. The van der Waals surface area contributed by atoms with Gasteiger partial charge < -0.3 is 9.47 Å². The molecule has 0 N–H and O–H groups in total. The molecule has 10 rings (SSSR count). The lowest BCUT2D eigenvalue weighted by Crippen LogP contribution is -2.24. The molecular formula is C53H36N4O12. The Bertz CT molecular complexity index is 4040. The number of hydrogen-bond acceptors (Lipinski definition) is 12. The maximum absolute atomic E-state index is 13.7. The average Bonchev–Trinajstić information content (AvgIpc) is 3.94. The molecular weight excluding hydrogens is 885 g/mol. The molecule has 16 heteroatoms. The van der Waals surface area contributed by atoms with E-state index in [4.69, 9.17) is 9.47 Å². The van der Waals surface area contributed by atoms with Crippen LogP contribution in [0.3, 0.4) is 0 Å². The van der Waals surface area contributed by atoms with Gasteiger partial charge in [-0.3, -0.25) is 42.9 Å². The van der Waals surface area contributed by atoms with Crippen LogP contribution in [0.4, 0.5) is 0 Å². The maximum atomic E-state index is 13.7. The zero-order valence-electron chi connectivity index (χ0n) is 36.8. The fourth-order valence-electron chi connectivity index (χ4n) is 8.67. The number of unbranched alkanes of at least 4 members (excludes halogenated alkanes) is 1. The molecule has 0 spiro atoms. The van der Waals surface area contributed by atoms with Gasteiger partial charge >= 0.3 is 11.9 Å². The number of fused-ring (bicyclic) bond motifs is 4. The van der Waals surface area contributed by atoms with Gasteiger partial charge in [0, 0.05) is 7.05 Å². The summed E-state index contributed by atoms with van der Waals surface area (Å²) in [6.45, 7) is 2.16. The molecule has 4 heterocycles. The van der Waals surface area contributed by atoms with E-state index >= 15 is 0 Å². The largest absolute Gasteiger partial charge is 0.462 e. The third kappa shape index (κ3) is 7.43. The predicted molar refractivity (Wildman–Crippen MR) is 259 cm³/mol. The van der Waals surface area contributed by atoms with Crippen LogP contribution in [0.1, 0.15) is 50.2 Å². The molecule has 16 nitrogen and oxygen atoms in total. The Morgan fingerprint density at radius 1 is 0.391 bits per heavy atom. The minimum absolute atomic E-state index is 0.0369. The molecule has 6 aromatic carbocycles. The van der Waals surface area contributed by atoms with Crippen LogP contribution in [-0.2, 0) is 22.9 Å². The number of aromatic nitrogens is 4. The van der Waals surface area contributed by atoms with Crippen molar-refractivity contribution in [2.24, 2.45) is 7.05 Å². The molecule has 0 aliphatic carbocycles. The summed E-state index contributed by atoms with van der Waals surface area (Å²) in [5.74, 6) is -1.06. The van der Waals surface area contributed by atoms with Crippen LogP contribution in [-0.4, -0.2) is 43.4 Å². The van der Waals surface area contributed by atoms with Crippen molar-refractivity contribution >= 4 is 55.0 Å². The van der Waals surface area contributed by atoms with Crippen molar-refractivity contribution in [3.05, 3.63) is 232 Å². The number of rotatable bonds is 12. The molecule has 0 radical (unpaired) electrons. The van der Waals surface area contributed by atoms with Crippen LogP contribution in [0.15, 0.2) is 160 Å². The zero-order valence-corrected chi connectivity index (χ0v) is 36.8. The van der Waals surface area contributed by atoms with Gasteiger partial charge in [-0.2, -0.15) is 0 Å². The van der Waals surface area contributed by atoms with E-state index < -0.39 is 56.4 Å². The van der Waals surface area contributed by atoms with Gasteiger partial charge in [-0.05, 0) is 122 Å². The summed E-state index contributed by atoms with van der Waals surface area (Å²) in [5, 5.41) is 0.0457. The monoisotopic (exact) mass is 920 g/mol. The molecule has 0 unspecified atom stereocenters. The van der Waals surface area contributed by atoms with Gasteiger partial charge in [0.25, 0.3) is 44.5 Å². The number of benzene rings is 6. The summed E-state index contributed by atoms with van der Waals surface area (Å²) in [6, 6.07) is 31.2. The van der Waals surface area contributed by atoms with E-state index in [0.717, 1.165) is 35.0 Å². The maximum Gasteiger partial charge on any atom is 0.338 e. The quantitative estimate of drug-likeness (QED) is 0.124. The van der Waals surface area contributed by atoms with Crippen molar-refractivity contribution in [1.29, 1.82) is 0 Å². The van der Waals surface area contributed by atoms with Crippen LogP contribution in [0.5, 0.6) is 0 Å². The summed E-state index contributed by atoms with van der Waals surface area (Å²) in [7, 11) is 1.33. The van der Waals surface area contributed by atoms with Crippen molar-refractivity contribution in [2.75, 3.05) is 13.2 Å². The molecule has 10 aromatic rings. The molecule has 0 aliphatic heterocycles. The average molecular weight is 921 g/mol. The van der Waals surface area contributed by atoms with E-state index in [-0.39, 0.29) is 73.2 Å². The van der Waals surface area contributed by atoms with Gasteiger partial charge in [0.15, 0.2) is 0 Å². The summed E-state index contributed by atoms with van der Waals surface area (Å²) in [5.41, 5.74) is -1.05. The molecule has 0 saturated heterocycles. The molecule has 0 amide bonds. The summed E-state index contributed by atoms with van der Waals surface area (Å²) in [6.07, 6.45) is 1.33. The van der Waals surface area contributed by atoms with Crippen LogP contribution in [0, 0.1) is 6.92 Å². The van der Waals surface area contributed by atoms with Gasteiger partial charge in [0.05, 0.1) is 84.5 Å². The van der Waals surface area contributed by atoms with Crippen LogP contribution >= 0.6 is 0 Å². The molecule has 4 aromatic heterocycles. The highest BCUT2D eigenvalue weighted by atomic mass is 16.5. The van der Waals surface area contributed by atoms with Gasteiger partial charge in [-0.15, -0.1) is 0 Å². The first-order valence-corrected chi connectivity index (χ1v) is 21.7. The molecule has 0 aliphatic rings. The fourth-order valence-corrected chi connectivity index (χ4v) is 8.67. The summed E-state index contributed by atoms with van der Waals surface area (Å²) < 4.78 is 14.4. The molecule has 69 heavy (non-hydrogen) atoms. The second-order valence-electron chi connectivity index (χ2n) is 16.8. The lowest BCUT2D eigenvalue weighted by molar-refractivity contribution is 0.0432. The number of esters is 2. The van der Waals surface area contributed by atoms with Crippen molar-refractivity contribution in [3.63, 3.8) is 0 Å². The number of aryl methyl sites for hydroxylation is 1. The number of nitrogens with zero attached hydrogens (tertiary/aromatic N) is 4. The van der Waals surface area contributed by atoms with E-state index in [1.807, 2.05) is 19.1 Å². The molecule has 340 valence electrons. The molecule has 0 saturated carbocycles. The number of ether oxygens (including phenoxy) is 2. The van der Waals surface area contributed by atoms with E-state index in [1.165, 1.54) is 55.6 Å². The van der Waals surface area contributed by atoms with E-state index in [9.17, 15) is 47.9 Å².